The molecule has 1 aromatic carbocycles. The number of fused-ring (bicyclic) bond motifs is 2. The molecule has 19 heavy (non-hydrogen) atoms. The third-order valence-corrected chi connectivity index (χ3v) is 4.63. The minimum absolute atomic E-state index is 0.247. The minimum Gasteiger partial charge on any atom is -0.508 e. The third-order valence-electron chi connectivity index (χ3n) is 4.63. The summed E-state index contributed by atoms with van der Waals surface area (Å²) < 4.78 is 5.37. The maximum absolute atomic E-state index is 9.29. The van der Waals surface area contributed by atoms with Crippen molar-refractivity contribution in [3.05, 3.63) is 30.1 Å². The van der Waals surface area contributed by atoms with Crippen molar-refractivity contribution in [3.8, 4) is 17.2 Å². The molecule has 3 unspecified atom stereocenters. The SMILES string of the molecule is Oc1ccc(-c2nc(C3CC4CCC3C4)no2)cc1. The molecular formula is C15H16N2O2. The smallest absolute Gasteiger partial charge is 0.257 e. The first kappa shape index (κ1) is 11.0. The maximum Gasteiger partial charge on any atom is 0.257 e. The zero-order chi connectivity index (χ0) is 12.8. The van der Waals surface area contributed by atoms with Gasteiger partial charge in [-0.1, -0.05) is 11.6 Å². The Bertz CT molecular complexity index is 590. The van der Waals surface area contributed by atoms with E-state index in [4.69, 9.17) is 4.52 Å². The first-order valence-corrected chi connectivity index (χ1v) is 6.92. The van der Waals surface area contributed by atoms with Gasteiger partial charge >= 0.3 is 0 Å². The van der Waals surface area contributed by atoms with E-state index in [0.717, 1.165) is 23.2 Å². The van der Waals surface area contributed by atoms with Gasteiger partial charge < -0.3 is 9.63 Å². The van der Waals surface area contributed by atoms with E-state index < -0.39 is 0 Å². The van der Waals surface area contributed by atoms with Crippen LogP contribution >= 0.6 is 0 Å². The highest BCUT2D eigenvalue weighted by molar-refractivity contribution is 5.54. The zero-order valence-electron chi connectivity index (χ0n) is 10.6. The van der Waals surface area contributed by atoms with Crippen LogP contribution in [0, 0.1) is 11.8 Å². The van der Waals surface area contributed by atoms with Crippen molar-refractivity contribution in [1.82, 2.24) is 10.1 Å². The summed E-state index contributed by atoms with van der Waals surface area (Å²) in [6, 6.07) is 6.87. The number of nitrogens with zero attached hydrogens (tertiary/aromatic N) is 2. The van der Waals surface area contributed by atoms with Gasteiger partial charge in [0.15, 0.2) is 5.82 Å². The van der Waals surface area contributed by atoms with E-state index in [2.05, 4.69) is 10.1 Å². The van der Waals surface area contributed by atoms with Crippen LogP contribution in [0.5, 0.6) is 5.75 Å². The maximum atomic E-state index is 9.29. The number of rotatable bonds is 2. The van der Waals surface area contributed by atoms with Gasteiger partial charge in [-0.2, -0.15) is 4.98 Å². The molecule has 0 aliphatic heterocycles. The van der Waals surface area contributed by atoms with Gasteiger partial charge in [0.2, 0.25) is 0 Å². The molecule has 0 radical (unpaired) electrons. The summed E-state index contributed by atoms with van der Waals surface area (Å²) in [4.78, 5) is 4.55. The molecule has 4 nitrogen and oxygen atoms in total. The van der Waals surface area contributed by atoms with E-state index in [9.17, 15) is 5.11 Å². The van der Waals surface area contributed by atoms with Crippen molar-refractivity contribution in [1.29, 1.82) is 0 Å². The van der Waals surface area contributed by atoms with Crippen molar-refractivity contribution in [2.75, 3.05) is 0 Å². The molecule has 2 aliphatic rings. The van der Waals surface area contributed by atoms with Gasteiger partial charge in [-0.3, -0.25) is 0 Å². The number of hydrogen-bond acceptors (Lipinski definition) is 4. The fourth-order valence-electron chi connectivity index (χ4n) is 3.67. The second-order valence-electron chi connectivity index (χ2n) is 5.79. The Morgan fingerprint density at radius 2 is 1.95 bits per heavy atom. The van der Waals surface area contributed by atoms with Crippen LogP contribution < -0.4 is 0 Å². The van der Waals surface area contributed by atoms with Gasteiger partial charge in [-0.25, -0.2) is 0 Å². The van der Waals surface area contributed by atoms with Crippen molar-refractivity contribution in [3.63, 3.8) is 0 Å². The van der Waals surface area contributed by atoms with Crippen LogP contribution in [0.4, 0.5) is 0 Å². The van der Waals surface area contributed by atoms with Crippen LogP contribution in [0.25, 0.3) is 11.5 Å². The number of phenols is 1. The molecule has 1 N–H and O–H groups in total. The molecule has 2 aliphatic carbocycles. The number of phenolic OH excluding ortho intramolecular Hbond substituents is 1. The van der Waals surface area contributed by atoms with E-state index in [1.165, 1.54) is 25.7 Å². The molecule has 0 saturated heterocycles. The molecule has 98 valence electrons. The van der Waals surface area contributed by atoms with Gasteiger partial charge in [0, 0.05) is 11.5 Å². The summed E-state index contributed by atoms with van der Waals surface area (Å²) in [7, 11) is 0. The van der Waals surface area contributed by atoms with Crippen molar-refractivity contribution < 1.29 is 9.63 Å². The second-order valence-corrected chi connectivity index (χ2v) is 5.79. The minimum atomic E-state index is 0.247. The topological polar surface area (TPSA) is 59.2 Å². The lowest BCUT2D eigenvalue weighted by Crippen LogP contribution is -2.09. The third kappa shape index (κ3) is 1.82. The lowest BCUT2D eigenvalue weighted by Gasteiger charge is -2.17. The van der Waals surface area contributed by atoms with E-state index in [1.807, 2.05) is 0 Å². The van der Waals surface area contributed by atoms with E-state index in [-0.39, 0.29) is 5.75 Å². The van der Waals surface area contributed by atoms with Crippen molar-refractivity contribution in [2.24, 2.45) is 11.8 Å². The van der Waals surface area contributed by atoms with Gasteiger partial charge in [0.05, 0.1) is 0 Å². The molecule has 2 bridgehead atoms. The Morgan fingerprint density at radius 1 is 1.11 bits per heavy atom. The fourth-order valence-corrected chi connectivity index (χ4v) is 3.67. The Labute approximate surface area is 111 Å². The first-order chi connectivity index (χ1) is 9.29. The normalized spacial score (nSPS) is 28.9. The van der Waals surface area contributed by atoms with Crippen LogP contribution in [0.2, 0.25) is 0 Å². The lowest BCUT2D eigenvalue weighted by atomic mass is 9.88. The van der Waals surface area contributed by atoms with Crippen LogP contribution in [0.1, 0.15) is 37.4 Å². The van der Waals surface area contributed by atoms with Crippen LogP contribution in [0.3, 0.4) is 0 Å². The van der Waals surface area contributed by atoms with Gasteiger partial charge in [-0.05, 0) is 55.4 Å². The highest BCUT2D eigenvalue weighted by atomic mass is 16.5. The second kappa shape index (κ2) is 4.08. The first-order valence-electron chi connectivity index (χ1n) is 6.92. The molecule has 0 spiro atoms. The Kier molecular flexibility index (Phi) is 2.37. The predicted octanol–water partition coefficient (Wildman–Crippen LogP) is 3.35. The summed E-state index contributed by atoms with van der Waals surface area (Å²) >= 11 is 0. The quantitative estimate of drug-likeness (QED) is 0.895. The zero-order valence-corrected chi connectivity index (χ0v) is 10.6. The van der Waals surface area contributed by atoms with Gasteiger partial charge in [0.1, 0.15) is 5.75 Å². The number of aromatic nitrogens is 2. The standard InChI is InChI=1S/C15H16N2O2/c18-12-5-3-10(4-6-12)15-16-14(17-19-15)13-8-9-1-2-11(13)7-9/h3-6,9,11,13,18H,1-2,7-8H2. The number of hydrogen-bond donors (Lipinski definition) is 1. The molecule has 1 aromatic heterocycles. The summed E-state index contributed by atoms with van der Waals surface area (Å²) in [6.45, 7) is 0. The lowest BCUT2D eigenvalue weighted by molar-refractivity contribution is 0.372. The average Bonchev–Trinajstić information content (AvgIpc) is 3.15. The molecule has 3 atom stereocenters. The molecular weight excluding hydrogens is 240 g/mol. The van der Waals surface area contributed by atoms with Crippen molar-refractivity contribution >= 4 is 0 Å². The van der Waals surface area contributed by atoms with Crippen LogP contribution in [0.15, 0.2) is 28.8 Å². The summed E-state index contributed by atoms with van der Waals surface area (Å²) in [5, 5.41) is 13.5. The monoisotopic (exact) mass is 256 g/mol. The molecule has 4 rings (SSSR count). The van der Waals surface area contributed by atoms with E-state index >= 15 is 0 Å². The largest absolute Gasteiger partial charge is 0.508 e. The van der Waals surface area contributed by atoms with Crippen LogP contribution in [-0.2, 0) is 0 Å². The van der Waals surface area contributed by atoms with Gasteiger partial charge in [0.25, 0.3) is 5.89 Å². The molecule has 4 heteroatoms. The Morgan fingerprint density at radius 3 is 2.63 bits per heavy atom. The molecule has 1 heterocycles. The molecule has 2 aromatic rings. The summed E-state index contributed by atoms with van der Waals surface area (Å²) in [5.41, 5.74) is 0.861. The Hall–Kier alpha value is -1.84. The molecule has 2 fully saturated rings. The van der Waals surface area contributed by atoms with Gasteiger partial charge in [-0.15, -0.1) is 0 Å². The van der Waals surface area contributed by atoms with Crippen molar-refractivity contribution in [2.45, 2.75) is 31.6 Å². The van der Waals surface area contributed by atoms with Crippen LogP contribution in [-0.4, -0.2) is 15.2 Å². The summed E-state index contributed by atoms with van der Waals surface area (Å²) in [5.74, 6) is 3.80. The van der Waals surface area contributed by atoms with E-state index in [1.54, 1.807) is 24.3 Å². The molecule has 2 saturated carbocycles. The number of benzene rings is 1. The average molecular weight is 256 g/mol. The Balaban J connectivity index is 1.61. The number of aromatic hydroxyl groups is 1. The highest BCUT2D eigenvalue weighted by Gasteiger charge is 2.42. The predicted molar refractivity (Wildman–Crippen MR) is 69.6 cm³/mol. The highest BCUT2D eigenvalue weighted by Crippen LogP contribution is 2.52. The van der Waals surface area contributed by atoms with E-state index in [0.29, 0.717) is 11.8 Å². The fraction of sp³-hybridized carbons (Fsp3) is 0.467. The molecule has 0 amide bonds. The summed E-state index contributed by atoms with van der Waals surface area (Å²) in [6.07, 6.45) is 5.26.